The van der Waals surface area contributed by atoms with Crippen molar-refractivity contribution in [2.24, 2.45) is 5.73 Å². The van der Waals surface area contributed by atoms with Crippen LogP contribution < -0.4 is 21.1 Å². The molecule has 3 amide bonds. The number of benzene rings is 2. The van der Waals surface area contributed by atoms with Crippen LogP contribution in [0.25, 0.3) is 0 Å². The first-order valence-corrected chi connectivity index (χ1v) is 10.0. The van der Waals surface area contributed by atoms with E-state index >= 15 is 0 Å². The molecule has 32 heavy (non-hydrogen) atoms. The number of urea groups is 1. The zero-order chi connectivity index (χ0) is 23.3. The van der Waals surface area contributed by atoms with Crippen LogP contribution >= 0.6 is 0 Å². The largest absolute Gasteiger partial charge is 0.427 e. The van der Waals surface area contributed by atoms with E-state index in [0.717, 1.165) is 11.1 Å². The third-order valence-electron chi connectivity index (χ3n) is 4.62. The number of H-pyrrole nitrogens is 1. The fourth-order valence-electron chi connectivity index (χ4n) is 3.03. The summed E-state index contributed by atoms with van der Waals surface area (Å²) in [5.41, 5.74) is 8.05. The van der Waals surface area contributed by atoms with Crippen molar-refractivity contribution in [1.29, 1.82) is 0 Å². The summed E-state index contributed by atoms with van der Waals surface area (Å²) in [6, 6.07) is 13.8. The Morgan fingerprint density at radius 2 is 1.69 bits per heavy atom. The van der Waals surface area contributed by atoms with Crippen molar-refractivity contribution in [2.45, 2.75) is 33.1 Å². The first-order chi connectivity index (χ1) is 15.2. The molecule has 0 fully saturated rings. The fourth-order valence-corrected chi connectivity index (χ4v) is 3.03. The van der Waals surface area contributed by atoms with Crippen LogP contribution in [0, 0.1) is 0 Å². The van der Waals surface area contributed by atoms with Crippen LogP contribution in [-0.4, -0.2) is 27.9 Å². The van der Waals surface area contributed by atoms with Gasteiger partial charge in [0.25, 0.3) is 5.91 Å². The molecule has 0 bridgehead atoms. The maximum atomic E-state index is 12.4. The maximum Gasteiger partial charge on any atom is 0.324 e. The van der Waals surface area contributed by atoms with Gasteiger partial charge in [-0.3, -0.25) is 14.9 Å². The van der Waals surface area contributed by atoms with Gasteiger partial charge >= 0.3 is 12.0 Å². The number of ether oxygens (including phenoxy) is 1. The van der Waals surface area contributed by atoms with E-state index in [1.165, 1.54) is 6.92 Å². The van der Waals surface area contributed by atoms with Crippen molar-refractivity contribution < 1.29 is 19.1 Å². The first kappa shape index (κ1) is 22.5. The second kappa shape index (κ2) is 9.78. The standard InChI is InChI=1S/C23H25N5O4/c1-13(2)16-6-8-17(9-7-16)25-23(31)28-22-20(21(24)30)26-19(27-22)12-15-4-10-18(11-5-15)32-14(3)29/h4-11,13H,12H2,1-3H3,(H2,24,30)(H,26,27)(H2,25,28,31). The van der Waals surface area contributed by atoms with E-state index in [0.29, 0.717) is 29.6 Å². The van der Waals surface area contributed by atoms with Crippen LogP contribution in [0.3, 0.4) is 0 Å². The summed E-state index contributed by atoms with van der Waals surface area (Å²) in [4.78, 5) is 42.4. The minimum atomic E-state index is -0.745. The molecule has 2 aromatic carbocycles. The minimum Gasteiger partial charge on any atom is -0.427 e. The molecule has 0 unspecified atom stereocenters. The molecular formula is C23H25N5O4. The third-order valence-corrected chi connectivity index (χ3v) is 4.62. The molecule has 166 valence electrons. The van der Waals surface area contributed by atoms with Crippen molar-refractivity contribution >= 4 is 29.4 Å². The monoisotopic (exact) mass is 435 g/mol. The van der Waals surface area contributed by atoms with Crippen LogP contribution in [-0.2, 0) is 11.2 Å². The van der Waals surface area contributed by atoms with E-state index in [1.54, 1.807) is 36.4 Å². The van der Waals surface area contributed by atoms with Crippen molar-refractivity contribution in [1.82, 2.24) is 9.97 Å². The van der Waals surface area contributed by atoms with Gasteiger partial charge in [0.1, 0.15) is 17.3 Å². The van der Waals surface area contributed by atoms with Crippen molar-refractivity contribution in [3.8, 4) is 5.75 Å². The summed E-state index contributed by atoms with van der Waals surface area (Å²) in [7, 11) is 0. The van der Waals surface area contributed by atoms with Crippen molar-refractivity contribution in [2.75, 3.05) is 10.6 Å². The smallest absolute Gasteiger partial charge is 0.324 e. The number of imidazole rings is 1. The molecule has 1 heterocycles. The first-order valence-electron chi connectivity index (χ1n) is 10.0. The highest BCUT2D eigenvalue weighted by molar-refractivity contribution is 6.04. The molecule has 9 nitrogen and oxygen atoms in total. The van der Waals surface area contributed by atoms with Crippen LogP contribution in [0.15, 0.2) is 48.5 Å². The molecular weight excluding hydrogens is 410 g/mol. The van der Waals surface area contributed by atoms with Gasteiger partial charge in [0.2, 0.25) is 0 Å². The van der Waals surface area contributed by atoms with Crippen LogP contribution in [0.1, 0.15) is 54.1 Å². The van der Waals surface area contributed by atoms with Gasteiger partial charge in [0, 0.05) is 19.0 Å². The second-order valence-electron chi connectivity index (χ2n) is 7.54. The lowest BCUT2D eigenvalue weighted by Gasteiger charge is -2.09. The Morgan fingerprint density at radius 3 is 2.25 bits per heavy atom. The van der Waals surface area contributed by atoms with Gasteiger partial charge in [0.15, 0.2) is 5.82 Å². The molecule has 0 aliphatic heterocycles. The lowest BCUT2D eigenvalue weighted by molar-refractivity contribution is -0.131. The quantitative estimate of drug-likeness (QED) is 0.330. The molecule has 0 aliphatic rings. The molecule has 1 aromatic heterocycles. The second-order valence-corrected chi connectivity index (χ2v) is 7.54. The average Bonchev–Trinajstić information content (AvgIpc) is 3.11. The van der Waals surface area contributed by atoms with Gasteiger partial charge in [-0.25, -0.2) is 9.78 Å². The number of esters is 1. The summed E-state index contributed by atoms with van der Waals surface area (Å²) in [5, 5.41) is 5.27. The average molecular weight is 435 g/mol. The van der Waals surface area contributed by atoms with Crippen molar-refractivity contribution in [3.63, 3.8) is 0 Å². The number of amides is 3. The highest BCUT2D eigenvalue weighted by Gasteiger charge is 2.17. The Labute approximate surface area is 185 Å². The Hall–Kier alpha value is -4.14. The molecule has 0 atom stereocenters. The topological polar surface area (TPSA) is 139 Å². The van der Waals surface area contributed by atoms with E-state index < -0.39 is 17.9 Å². The summed E-state index contributed by atoms with van der Waals surface area (Å²) < 4.78 is 5.01. The van der Waals surface area contributed by atoms with Gasteiger partial charge in [-0.15, -0.1) is 0 Å². The van der Waals surface area contributed by atoms with E-state index in [1.807, 2.05) is 12.1 Å². The molecule has 3 aromatic rings. The number of carbonyl (C=O) groups is 3. The maximum absolute atomic E-state index is 12.4. The zero-order valence-electron chi connectivity index (χ0n) is 18.1. The predicted octanol–water partition coefficient (Wildman–Crippen LogP) is 3.79. The Balaban J connectivity index is 1.69. The number of nitrogens with two attached hydrogens (primary N) is 1. The lowest BCUT2D eigenvalue weighted by Crippen LogP contribution is -2.22. The molecule has 0 aliphatic carbocycles. The third kappa shape index (κ3) is 5.94. The minimum absolute atomic E-state index is 0.00170. The van der Waals surface area contributed by atoms with Gasteiger partial charge in [0.05, 0.1) is 0 Å². The molecule has 3 rings (SSSR count). The number of primary amides is 1. The summed E-state index contributed by atoms with van der Waals surface area (Å²) in [6.07, 6.45) is 0.348. The molecule has 9 heteroatoms. The normalized spacial score (nSPS) is 10.6. The van der Waals surface area contributed by atoms with Crippen LogP contribution in [0.4, 0.5) is 16.3 Å². The number of nitrogens with one attached hydrogen (secondary N) is 3. The number of carbonyl (C=O) groups excluding carboxylic acids is 3. The van der Waals surface area contributed by atoms with Crippen LogP contribution in [0.5, 0.6) is 5.75 Å². The number of rotatable bonds is 7. The Bertz CT molecular complexity index is 1120. The van der Waals surface area contributed by atoms with Crippen LogP contribution in [0.2, 0.25) is 0 Å². The number of aromatic amines is 1. The van der Waals surface area contributed by atoms with E-state index in [4.69, 9.17) is 10.5 Å². The molecule has 0 radical (unpaired) electrons. The number of hydrogen-bond acceptors (Lipinski definition) is 5. The van der Waals surface area contributed by atoms with E-state index in [9.17, 15) is 14.4 Å². The number of hydrogen-bond donors (Lipinski definition) is 4. The Morgan fingerprint density at radius 1 is 1.03 bits per heavy atom. The zero-order valence-corrected chi connectivity index (χ0v) is 18.1. The SMILES string of the molecule is CC(=O)Oc1ccc(Cc2nc(NC(=O)Nc3ccc(C(C)C)cc3)c(C(N)=O)[nH]2)cc1. The molecule has 0 saturated heterocycles. The highest BCUT2D eigenvalue weighted by atomic mass is 16.5. The summed E-state index contributed by atoms with van der Waals surface area (Å²) in [6.45, 7) is 5.50. The van der Waals surface area contributed by atoms with Gasteiger partial charge in [-0.05, 0) is 41.3 Å². The van der Waals surface area contributed by atoms with Gasteiger partial charge in [-0.1, -0.05) is 38.1 Å². The highest BCUT2D eigenvalue weighted by Crippen LogP contribution is 2.19. The molecule has 0 spiro atoms. The summed E-state index contributed by atoms with van der Waals surface area (Å²) >= 11 is 0. The number of anilines is 2. The van der Waals surface area contributed by atoms with Crippen molar-refractivity contribution in [3.05, 3.63) is 71.2 Å². The Kier molecular flexibility index (Phi) is 6.89. The molecule has 0 saturated carbocycles. The van der Waals surface area contributed by atoms with Gasteiger partial charge < -0.3 is 20.8 Å². The van der Waals surface area contributed by atoms with Gasteiger partial charge in [-0.2, -0.15) is 0 Å². The number of aromatic nitrogens is 2. The lowest BCUT2D eigenvalue weighted by atomic mass is 10.0. The van der Waals surface area contributed by atoms with E-state index in [2.05, 4.69) is 34.4 Å². The summed E-state index contributed by atoms with van der Waals surface area (Å²) in [5.74, 6) is 0.150. The van der Waals surface area contributed by atoms with E-state index in [-0.39, 0.29) is 11.5 Å². The fraction of sp³-hybridized carbons (Fsp3) is 0.217. The number of nitrogens with zero attached hydrogens (tertiary/aromatic N) is 1. The predicted molar refractivity (Wildman–Crippen MR) is 121 cm³/mol. The molecule has 5 N–H and O–H groups in total.